The van der Waals surface area contributed by atoms with E-state index in [0.29, 0.717) is 6.42 Å². The molecular formula is C11H13IN2O. The van der Waals surface area contributed by atoms with Gasteiger partial charge in [-0.1, -0.05) is 0 Å². The normalized spacial score (nSPS) is 15.6. The van der Waals surface area contributed by atoms with Crippen LogP contribution >= 0.6 is 22.6 Å². The molecule has 1 amide bonds. The van der Waals surface area contributed by atoms with Crippen molar-refractivity contribution in [3.63, 3.8) is 0 Å². The number of carbonyl (C=O) groups is 1. The van der Waals surface area contributed by atoms with E-state index < -0.39 is 0 Å². The molecule has 1 heterocycles. The Hall–Kier alpha value is -0.780. The highest BCUT2D eigenvalue weighted by atomic mass is 127. The maximum atomic E-state index is 11.5. The molecule has 0 saturated heterocycles. The van der Waals surface area contributed by atoms with Gasteiger partial charge in [-0.3, -0.25) is 4.79 Å². The van der Waals surface area contributed by atoms with Gasteiger partial charge in [0.25, 0.3) is 0 Å². The Morgan fingerprint density at radius 2 is 2.33 bits per heavy atom. The third-order valence-electron chi connectivity index (χ3n) is 2.56. The van der Waals surface area contributed by atoms with Gasteiger partial charge in [-0.25, -0.2) is 0 Å². The van der Waals surface area contributed by atoms with Gasteiger partial charge < -0.3 is 10.2 Å². The summed E-state index contributed by atoms with van der Waals surface area (Å²) in [5.74, 6) is 0.106. The highest BCUT2D eigenvalue weighted by Gasteiger charge is 2.17. The van der Waals surface area contributed by atoms with Gasteiger partial charge in [0.1, 0.15) is 0 Å². The molecule has 0 aliphatic carbocycles. The highest BCUT2D eigenvalue weighted by Crippen LogP contribution is 2.29. The van der Waals surface area contributed by atoms with Crippen LogP contribution in [-0.2, 0) is 4.79 Å². The monoisotopic (exact) mass is 316 g/mol. The van der Waals surface area contributed by atoms with Gasteiger partial charge in [0.05, 0.1) is 11.4 Å². The molecule has 80 valence electrons. The van der Waals surface area contributed by atoms with Crippen molar-refractivity contribution in [2.24, 2.45) is 0 Å². The lowest BCUT2D eigenvalue weighted by molar-refractivity contribution is -0.115. The van der Waals surface area contributed by atoms with Crippen LogP contribution in [0.4, 0.5) is 11.4 Å². The third kappa shape index (κ3) is 2.25. The van der Waals surface area contributed by atoms with E-state index in [1.54, 1.807) is 0 Å². The van der Waals surface area contributed by atoms with Crippen LogP contribution in [0.25, 0.3) is 0 Å². The fourth-order valence-corrected chi connectivity index (χ4v) is 2.27. The number of fused-ring (bicyclic) bond motifs is 1. The summed E-state index contributed by atoms with van der Waals surface area (Å²) < 4.78 is 1.14. The van der Waals surface area contributed by atoms with Crippen molar-refractivity contribution in [2.45, 2.75) is 13.3 Å². The maximum absolute atomic E-state index is 11.5. The molecule has 2 rings (SSSR count). The molecule has 0 atom stereocenters. The van der Waals surface area contributed by atoms with Crippen LogP contribution in [0.3, 0.4) is 0 Å². The van der Waals surface area contributed by atoms with E-state index in [2.05, 4.69) is 51.9 Å². The number of amides is 1. The van der Waals surface area contributed by atoms with Crippen molar-refractivity contribution < 1.29 is 4.79 Å². The molecule has 0 radical (unpaired) electrons. The number of rotatable bonds is 1. The first-order chi connectivity index (χ1) is 7.20. The van der Waals surface area contributed by atoms with Crippen LogP contribution in [0.5, 0.6) is 0 Å². The van der Waals surface area contributed by atoms with Crippen molar-refractivity contribution in [1.82, 2.24) is 0 Å². The van der Waals surface area contributed by atoms with Crippen molar-refractivity contribution >= 4 is 39.9 Å². The van der Waals surface area contributed by atoms with Crippen LogP contribution in [-0.4, -0.2) is 19.0 Å². The zero-order valence-electron chi connectivity index (χ0n) is 8.59. The smallest absolute Gasteiger partial charge is 0.226 e. The van der Waals surface area contributed by atoms with E-state index >= 15 is 0 Å². The Bertz CT molecular complexity index is 392. The van der Waals surface area contributed by atoms with Crippen LogP contribution in [0.1, 0.15) is 13.3 Å². The summed E-state index contributed by atoms with van der Waals surface area (Å²) in [6, 6.07) is 6.16. The molecule has 0 bridgehead atoms. The van der Waals surface area contributed by atoms with E-state index in [9.17, 15) is 4.79 Å². The van der Waals surface area contributed by atoms with E-state index in [-0.39, 0.29) is 5.91 Å². The molecule has 1 N–H and O–H groups in total. The molecule has 0 spiro atoms. The molecule has 1 aromatic rings. The number of hydrogen-bond donors (Lipinski definition) is 1. The Morgan fingerprint density at radius 3 is 3.07 bits per heavy atom. The topological polar surface area (TPSA) is 32.3 Å². The van der Waals surface area contributed by atoms with Crippen LogP contribution in [0, 0.1) is 3.57 Å². The lowest BCUT2D eigenvalue weighted by Gasteiger charge is -2.22. The minimum Gasteiger partial charge on any atom is -0.370 e. The minimum atomic E-state index is 0.106. The fourth-order valence-electron chi connectivity index (χ4n) is 1.78. The second-order valence-corrected chi connectivity index (χ2v) is 4.78. The Kier molecular flexibility index (Phi) is 3.14. The zero-order valence-corrected chi connectivity index (χ0v) is 10.7. The second kappa shape index (κ2) is 4.38. The lowest BCUT2D eigenvalue weighted by Crippen LogP contribution is -2.23. The number of hydrogen-bond acceptors (Lipinski definition) is 2. The van der Waals surface area contributed by atoms with Crippen molar-refractivity contribution in [1.29, 1.82) is 0 Å². The molecule has 3 nitrogen and oxygen atoms in total. The number of anilines is 2. The Labute approximate surface area is 103 Å². The summed E-state index contributed by atoms with van der Waals surface area (Å²) >= 11 is 2.25. The van der Waals surface area contributed by atoms with Crippen LogP contribution < -0.4 is 10.2 Å². The lowest BCUT2D eigenvalue weighted by atomic mass is 10.2. The number of nitrogens with zero attached hydrogens (tertiary/aromatic N) is 1. The largest absolute Gasteiger partial charge is 0.370 e. The SMILES string of the molecule is CCN1CCC(=O)Nc2cc(I)ccc21. The van der Waals surface area contributed by atoms with E-state index in [1.807, 2.05) is 6.07 Å². The summed E-state index contributed by atoms with van der Waals surface area (Å²) in [5.41, 5.74) is 2.06. The number of benzene rings is 1. The minimum absolute atomic E-state index is 0.106. The van der Waals surface area contributed by atoms with Crippen molar-refractivity contribution in [3.05, 3.63) is 21.8 Å². The Morgan fingerprint density at radius 1 is 1.53 bits per heavy atom. The molecule has 0 unspecified atom stereocenters. The molecular weight excluding hydrogens is 303 g/mol. The molecule has 0 saturated carbocycles. The van der Waals surface area contributed by atoms with E-state index in [0.717, 1.165) is 28.0 Å². The first kappa shape index (κ1) is 10.7. The maximum Gasteiger partial charge on any atom is 0.226 e. The van der Waals surface area contributed by atoms with Crippen molar-refractivity contribution in [2.75, 3.05) is 23.3 Å². The zero-order chi connectivity index (χ0) is 10.8. The fraction of sp³-hybridized carbons (Fsp3) is 0.364. The van der Waals surface area contributed by atoms with Crippen molar-refractivity contribution in [3.8, 4) is 0 Å². The van der Waals surface area contributed by atoms with E-state index in [4.69, 9.17) is 0 Å². The van der Waals surface area contributed by atoms with Gasteiger partial charge in [-0.05, 0) is 47.7 Å². The van der Waals surface area contributed by atoms with Gasteiger partial charge in [0.15, 0.2) is 0 Å². The highest BCUT2D eigenvalue weighted by molar-refractivity contribution is 14.1. The van der Waals surface area contributed by atoms with Gasteiger partial charge in [-0.2, -0.15) is 0 Å². The summed E-state index contributed by atoms with van der Waals surface area (Å²) in [5, 5.41) is 2.94. The predicted molar refractivity (Wildman–Crippen MR) is 70.3 cm³/mol. The van der Waals surface area contributed by atoms with Gasteiger partial charge in [0, 0.05) is 23.1 Å². The standard InChI is InChI=1S/C11H13IN2O/c1-2-14-6-5-11(15)13-9-7-8(12)3-4-10(9)14/h3-4,7H,2,5-6H2,1H3,(H,13,15). The molecule has 1 aromatic carbocycles. The van der Waals surface area contributed by atoms with E-state index in [1.165, 1.54) is 0 Å². The first-order valence-electron chi connectivity index (χ1n) is 5.05. The van der Waals surface area contributed by atoms with Crippen LogP contribution in [0.15, 0.2) is 18.2 Å². The van der Waals surface area contributed by atoms with Gasteiger partial charge in [0.2, 0.25) is 5.91 Å². The number of nitrogens with one attached hydrogen (secondary N) is 1. The van der Waals surface area contributed by atoms with Crippen LogP contribution in [0.2, 0.25) is 0 Å². The summed E-state index contributed by atoms with van der Waals surface area (Å²) in [4.78, 5) is 13.7. The molecule has 15 heavy (non-hydrogen) atoms. The summed E-state index contributed by atoms with van der Waals surface area (Å²) in [7, 11) is 0. The Balaban J connectivity index is 2.44. The molecule has 1 aliphatic rings. The summed E-state index contributed by atoms with van der Waals surface area (Å²) in [6.45, 7) is 3.84. The average molecular weight is 316 g/mol. The van der Waals surface area contributed by atoms with Gasteiger partial charge in [-0.15, -0.1) is 0 Å². The predicted octanol–water partition coefficient (Wildman–Crippen LogP) is 2.46. The number of halogens is 1. The first-order valence-corrected chi connectivity index (χ1v) is 6.13. The molecule has 1 aliphatic heterocycles. The molecule has 0 fully saturated rings. The second-order valence-electron chi connectivity index (χ2n) is 3.54. The average Bonchev–Trinajstić information content (AvgIpc) is 2.35. The molecule has 0 aromatic heterocycles. The summed E-state index contributed by atoms with van der Waals surface area (Å²) in [6.07, 6.45) is 0.569. The quantitative estimate of drug-likeness (QED) is 0.807. The number of carbonyl (C=O) groups excluding carboxylic acids is 1. The molecule has 4 heteroatoms. The third-order valence-corrected chi connectivity index (χ3v) is 3.23. The van der Waals surface area contributed by atoms with Gasteiger partial charge >= 0.3 is 0 Å².